The van der Waals surface area contributed by atoms with Gasteiger partial charge in [0, 0.05) is 6.04 Å². The molecular formula is C13H28N2OS. The molecule has 3 nitrogen and oxygen atoms in total. The van der Waals surface area contributed by atoms with Crippen LogP contribution in [0.4, 0.5) is 0 Å². The zero-order chi connectivity index (χ0) is 13.3. The molecule has 0 aliphatic rings. The van der Waals surface area contributed by atoms with Gasteiger partial charge in [-0.1, -0.05) is 20.8 Å². The van der Waals surface area contributed by atoms with Gasteiger partial charge >= 0.3 is 0 Å². The SMILES string of the molecule is CCC(CC)NC(=O)C(C)NCC(C)CSC. The molecule has 4 heteroatoms. The van der Waals surface area contributed by atoms with E-state index in [1.807, 2.05) is 18.7 Å². The van der Waals surface area contributed by atoms with Crippen LogP contribution < -0.4 is 10.6 Å². The predicted molar refractivity (Wildman–Crippen MR) is 77.5 cm³/mol. The maximum Gasteiger partial charge on any atom is 0.237 e. The van der Waals surface area contributed by atoms with Crippen LogP contribution in [0.25, 0.3) is 0 Å². The third kappa shape index (κ3) is 7.66. The van der Waals surface area contributed by atoms with Crippen LogP contribution in [0.3, 0.4) is 0 Å². The Morgan fingerprint density at radius 3 is 2.29 bits per heavy atom. The van der Waals surface area contributed by atoms with Gasteiger partial charge in [0.25, 0.3) is 0 Å². The first kappa shape index (κ1) is 16.8. The van der Waals surface area contributed by atoms with Gasteiger partial charge in [-0.2, -0.15) is 11.8 Å². The molecule has 0 bridgehead atoms. The van der Waals surface area contributed by atoms with E-state index in [-0.39, 0.29) is 11.9 Å². The topological polar surface area (TPSA) is 41.1 Å². The number of carbonyl (C=O) groups is 1. The first-order chi connectivity index (χ1) is 8.04. The van der Waals surface area contributed by atoms with Gasteiger partial charge in [0.1, 0.15) is 0 Å². The summed E-state index contributed by atoms with van der Waals surface area (Å²) in [6, 6.07) is 0.218. The molecule has 0 aromatic carbocycles. The molecule has 17 heavy (non-hydrogen) atoms. The summed E-state index contributed by atoms with van der Waals surface area (Å²) < 4.78 is 0. The first-order valence-electron chi connectivity index (χ1n) is 6.57. The van der Waals surface area contributed by atoms with Crippen molar-refractivity contribution >= 4 is 17.7 Å². The molecule has 0 aromatic heterocycles. The lowest BCUT2D eigenvalue weighted by Crippen LogP contribution is -2.47. The Morgan fingerprint density at radius 2 is 1.82 bits per heavy atom. The molecule has 0 spiro atoms. The third-order valence-corrected chi connectivity index (χ3v) is 3.85. The predicted octanol–water partition coefficient (Wildman–Crippen LogP) is 2.27. The van der Waals surface area contributed by atoms with Crippen molar-refractivity contribution < 1.29 is 4.79 Å². The van der Waals surface area contributed by atoms with E-state index >= 15 is 0 Å². The van der Waals surface area contributed by atoms with E-state index in [0.29, 0.717) is 12.0 Å². The second-order valence-electron chi connectivity index (χ2n) is 4.71. The largest absolute Gasteiger partial charge is 0.352 e. The zero-order valence-electron chi connectivity index (χ0n) is 11.9. The van der Waals surface area contributed by atoms with E-state index in [1.165, 1.54) is 0 Å². The normalized spacial score (nSPS) is 14.7. The first-order valence-corrected chi connectivity index (χ1v) is 7.97. The van der Waals surface area contributed by atoms with E-state index in [1.54, 1.807) is 0 Å². The lowest BCUT2D eigenvalue weighted by molar-refractivity contribution is -0.123. The van der Waals surface area contributed by atoms with Crippen molar-refractivity contribution in [2.24, 2.45) is 5.92 Å². The van der Waals surface area contributed by atoms with Crippen LogP contribution in [-0.2, 0) is 4.79 Å². The van der Waals surface area contributed by atoms with Gasteiger partial charge < -0.3 is 10.6 Å². The number of thioether (sulfide) groups is 1. The van der Waals surface area contributed by atoms with Crippen molar-refractivity contribution in [2.75, 3.05) is 18.6 Å². The minimum atomic E-state index is -0.0973. The highest BCUT2D eigenvalue weighted by Gasteiger charge is 2.15. The summed E-state index contributed by atoms with van der Waals surface area (Å²) in [7, 11) is 0. The maximum absolute atomic E-state index is 11.9. The van der Waals surface area contributed by atoms with Crippen LogP contribution in [0.1, 0.15) is 40.5 Å². The Bertz CT molecular complexity index is 208. The molecule has 0 aromatic rings. The van der Waals surface area contributed by atoms with E-state index in [9.17, 15) is 4.79 Å². The summed E-state index contributed by atoms with van der Waals surface area (Å²) >= 11 is 1.85. The van der Waals surface area contributed by atoms with Crippen LogP contribution in [0.5, 0.6) is 0 Å². The third-order valence-electron chi connectivity index (χ3n) is 2.95. The number of nitrogens with one attached hydrogen (secondary N) is 2. The van der Waals surface area contributed by atoms with E-state index in [4.69, 9.17) is 0 Å². The van der Waals surface area contributed by atoms with Gasteiger partial charge in [0.05, 0.1) is 6.04 Å². The average molecular weight is 260 g/mol. The number of carbonyl (C=O) groups excluding carboxylic acids is 1. The summed E-state index contributed by atoms with van der Waals surface area (Å²) in [5.41, 5.74) is 0. The van der Waals surface area contributed by atoms with Gasteiger partial charge in [-0.3, -0.25) is 4.79 Å². The number of amides is 1. The zero-order valence-corrected chi connectivity index (χ0v) is 12.7. The quantitative estimate of drug-likeness (QED) is 0.668. The lowest BCUT2D eigenvalue weighted by atomic mass is 10.1. The molecule has 0 saturated heterocycles. The lowest BCUT2D eigenvalue weighted by Gasteiger charge is -2.20. The van der Waals surface area contributed by atoms with E-state index in [2.05, 4.69) is 37.7 Å². The molecule has 0 saturated carbocycles. The number of hydrogen-bond acceptors (Lipinski definition) is 3. The Kier molecular flexibility index (Phi) is 9.65. The van der Waals surface area contributed by atoms with Crippen LogP contribution >= 0.6 is 11.8 Å². The number of rotatable bonds is 9. The summed E-state index contributed by atoms with van der Waals surface area (Å²) in [6.45, 7) is 9.25. The van der Waals surface area contributed by atoms with Gasteiger partial charge in [-0.15, -0.1) is 0 Å². The molecule has 0 heterocycles. The van der Waals surface area contributed by atoms with Gasteiger partial charge in [0.2, 0.25) is 5.91 Å². The molecule has 102 valence electrons. The van der Waals surface area contributed by atoms with Gasteiger partial charge in [0.15, 0.2) is 0 Å². The standard InChI is InChI=1S/C13H28N2OS/c1-6-12(7-2)15-13(16)11(4)14-8-10(3)9-17-5/h10-12,14H,6-9H2,1-5H3,(H,15,16). The van der Waals surface area contributed by atoms with Crippen molar-refractivity contribution in [3.05, 3.63) is 0 Å². The Hall–Kier alpha value is -0.220. The Morgan fingerprint density at radius 1 is 1.24 bits per heavy atom. The summed E-state index contributed by atoms with van der Waals surface area (Å²) in [4.78, 5) is 11.9. The minimum absolute atomic E-state index is 0.0973. The molecule has 0 rings (SSSR count). The summed E-state index contributed by atoms with van der Waals surface area (Å²) in [5.74, 6) is 1.86. The van der Waals surface area contributed by atoms with Crippen LogP contribution in [0.2, 0.25) is 0 Å². The van der Waals surface area contributed by atoms with Gasteiger partial charge in [-0.05, 0) is 44.2 Å². The Balaban J connectivity index is 3.88. The molecule has 0 aliphatic heterocycles. The highest BCUT2D eigenvalue weighted by Crippen LogP contribution is 2.03. The van der Waals surface area contributed by atoms with Crippen LogP contribution in [0.15, 0.2) is 0 Å². The monoisotopic (exact) mass is 260 g/mol. The van der Waals surface area contributed by atoms with Crippen molar-refractivity contribution in [3.63, 3.8) is 0 Å². The fourth-order valence-electron chi connectivity index (χ4n) is 1.63. The van der Waals surface area contributed by atoms with Crippen molar-refractivity contribution in [1.82, 2.24) is 10.6 Å². The van der Waals surface area contributed by atoms with Crippen molar-refractivity contribution in [1.29, 1.82) is 0 Å². The highest BCUT2D eigenvalue weighted by molar-refractivity contribution is 7.98. The van der Waals surface area contributed by atoms with Crippen LogP contribution in [-0.4, -0.2) is 36.5 Å². The molecular weight excluding hydrogens is 232 g/mol. The fourth-order valence-corrected chi connectivity index (χ4v) is 2.32. The molecule has 0 fully saturated rings. The second kappa shape index (κ2) is 9.77. The second-order valence-corrected chi connectivity index (χ2v) is 5.62. The smallest absolute Gasteiger partial charge is 0.237 e. The summed E-state index contributed by atoms with van der Waals surface area (Å²) in [6.07, 6.45) is 4.11. The molecule has 2 atom stereocenters. The average Bonchev–Trinajstić information content (AvgIpc) is 2.32. The molecule has 1 amide bonds. The molecule has 2 unspecified atom stereocenters. The molecule has 2 N–H and O–H groups in total. The van der Waals surface area contributed by atoms with Gasteiger partial charge in [-0.25, -0.2) is 0 Å². The maximum atomic E-state index is 11.9. The fraction of sp³-hybridized carbons (Fsp3) is 0.923. The number of hydrogen-bond donors (Lipinski definition) is 2. The van der Waals surface area contributed by atoms with E-state index < -0.39 is 0 Å². The highest BCUT2D eigenvalue weighted by atomic mass is 32.2. The molecule has 0 radical (unpaired) electrons. The summed E-state index contributed by atoms with van der Waals surface area (Å²) in [5, 5.41) is 6.36. The van der Waals surface area contributed by atoms with Crippen molar-refractivity contribution in [3.8, 4) is 0 Å². The minimum Gasteiger partial charge on any atom is -0.352 e. The van der Waals surface area contributed by atoms with Crippen LogP contribution in [0, 0.1) is 5.92 Å². The van der Waals surface area contributed by atoms with Crippen molar-refractivity contribution in [2.45, 2.75) is 52.6 Å². The molecule has 0 aliphatic carbocycles. The Labute approximate surface area is 111 Å². The van der Waals surface area contributed by atoms with E-state index in [0.717, 1.165) is 25.1 Å².